The minimum atomic E-state index is -4.77. The summed E-state index contributed by atoms with van der Waals surface area (Å²) in [5.74, 6) is -1.73. The van der Waals surface area contributed by atoms with Crippen molar-refractivity contribution in [2.45, 2.75) is 19.7 Å². The molecule has 3 aromatic rings. The van der Waals surface area contributed by atoms with Crippen molar-refractivity contribution in [3.63, 3.8) is 0 Å². The highest BCUT2D eigenvalue weighted by Gasteiger charge is 2.39. The molecule has 1 saturated heterocycles. The fourth-order valence-electron chi connectivity index (χ4n) is 3.79. The van der Waals surface area contributed by atoms with Gasteiger partial charge in [0.05, 0.1) is 27.4 Å². The molecule has 4 rings (SSSR count). The zero-order valence-electron chi connectivity index (χ0n) is 20.7. The third-order valence-corrected chi connectivity index (χ3v) is 7.30. The largest absolute Gasteiger partial charge is 0.490 e. The van der Waals surface area contributed by atoms with Gasteiger partial charge in [-0.25, -0.2) is 9.69 Å². The predicted octanol–water partition coefficient (Wildman–Crippen LogP) is 8.07. The quantitative estimate of drug-likeness (QED) is 0.200. The number of benzene rings is 3. The van der Waals surface area contributed by atoms with Gasteiger partial charge in [-0.2, -0.15) is 13.2 Å². The van der Waals surface area contributed by atoms with E-state index in [1.807, 2.05) is 5.32 Å². The lowest BCUT2D eigenvalue weighted by Crippen LogP contribution is -2.54. The first-order valence-electron chi connectivity index (χ1n) is 11.6. The molecular weight excluding hydrogens is 676 g/mol. The summed E-state index contributed by atoms with van der Waals surface area (Å²) in [6.45, 7) is 1.95. The maximum absolute atomic E-state index is 13.3. The molecule has 0 aromatic heterocycles. The third-order valence-electron chi connectivity index (χ3n) is 5.68. The molecule has 41 heavy (non-hydrogen) atoms. The Labute approximate surface area is 254 Å². The summed E-state index contributed by atoms with van der Waals surface area (Å²) in [7, 11) is 0. The van der Waals surface area contributed by atoms with Crippen LogP contribution in [0.1, 0.15) is 23.6 Å². The van der Waals surface area contributed by atoms with Crippen LogP contribution in [0.2, 0.25) is 15.1 Å². The van der Waals surface area contributed by atoms with Gasteiger partial charge in [-0.1, -0.05) is 40.9 Å². The van der Waals surface area contributed by atoms with Crippen molar-refractivity contribution in [3.8, 4) is 11.5 Å². The summed E-state index contributed by atoms with van der Waals surface area (Å²) < 4.78 is 51.9. The van der Waals surface area contributed by atoms with E-state index >= 15 is 0 Å². The van der Waals surface area contributed by atoms with E-state index in [9.17, 15) is 27.6 Å². The van der Waals surface area contributed by atoms with Gasteiger partial charge in [-0.15, -0.1) is 0 Å². The lowest BCUT2D eigenvalue weighted by atomic mass is 10.1. The van der Waals surface area contributed by atoms with Crippen molar-refractivity contribution in [2.75, 3.05) is 11.5 Å². The molecule has 1 aliphatic rings. The zero-order chi connectivity index (χ0) is 30.1. The molecule has 14 heteroatoms. The lowest BCUT2D eigenvalue weighted by Gasteiger charge is -2.27. The molecule has 1 aliphatic heterocycles. The highest BCUT2D eigenvalue weighted by atomic mass is 79.9. The van der Waals surface area contributed by atoms with E-state index in [0.29, 0.717) is 37.1 Å². The monoisotopic (exact) mass is 690 g/mol. The van der Waals surface area contributed by atoms with Crippen molar-refractivity contribution in [2.24, 2.45) is 0 Å². The van der Waals surface area contributed by atoms with Crippen LogP contribution < -0.4 is 19.7 Å². The molecule has 0 atom stereocenters. The number of halogens is 7. The van der Waals surface area contributed by atoms with Crippen molar-refractivity contribution < 1.29 is 37.0 Å². The van der Waals surface area contributed by atoms with E-state index in [4.69, 9.17) is 44.3 Å². The fraction of sp³-hybridized carbons (Fsp3) is 0.148. The van der Waals surface area contributed by atoms with E-state index in [2.05, 4.69) is 15.9 Å². The fourth-order valence-corrected chi connectivity index (χ4v) is 5.07. The van der Waals surface area contributed by atoms with Gasteiger partial charge in [0.15, 0.2) is 11.5 Å². The third kappa shape index (κ3) is 6.64. The average Bonchev–Trinajstić information content (AvgIpc) is 2.88. The van der Waals surface area contributed by atoms with Gasteiger partial charge in [0.1, 0.15) is 12.2 Å². The number of barbiturate groups is 1. The number of hydrogen-bond donors (Lipinski definition) is 1. The number of carbonyl (C=O) groups is 3. The Morgan fingerprint density at radius 1 is 0.976 bits per heavy atom. The number of urea groups is 1. The summed E-state index contributed by atoms with van der Waals surface area (Å²) in [5.41, 5.74) is -1.41. The average molecular weight is 693 g/mol. The van der Waals surface area contributed by atoms with Crippen molar-refractivity contribution in [1.82, 2.24) is 5.32 Å². The van der Waals surface area contributed by atoms with Crippen LogP contribution in [0.4, 0.5) is 23.7 Å². The number of nitrogens with zero attached hydrogens (tertiary/aromatic N) is 1. The number of rotatable bonds is 7. The Kier molecular flexibility index (Phi) is 9.22. The number of anilines is 1. The van der Waals surface area contributed by atoms with Gasteiger partial charge in [0.25, 0.3) is 11.8 Å². The Hall–Kier alpha value is -3.25. The lowest BCUT2D eigenvalue weighted by molar-refractivity contribution is -0.137. The second-order valence-corrected chi connectivity index (χ2v) is 10.4. The molecule has 0 aliphatic carbocycles. The van der Waals surface area contributed by atoms with Gasteiger partial charge in [-0.3, -0.25) is 14.9 Å². The van der Waals surface area contributed by atoms with Crippen LogP contribution in [0.25, 0.3) is 6.08 Å². The number of hydrogen-bond acceptors (Lipinski definition) is 5. The molecule has 0 spiro atoms. The Balaban J connectivity index is 1.71. The number of alkyl halides is 3. The van der Waals surface area contributed by atoms with Crippen LogP contribution in [0.3, 0.4) is 0 Å². The number of imide groups is 2. The highest BCUT2D eigenvalue weighted by Crippen LogP contribution is 2.40. The molecule has 0 unspecified atom stereocenters. The Morgan fingerprint density at radius 3 is 2.29 bits per heavy atom. The Bertz CT molecular complexity index is 1580. The second kappa shape index (κ2) is 12.3. The molecule has 214 valence electrons. The summed E-state index contributed by atoms with van der Waals surface area (Å²) in [5, 5.41) is 2.44. The summed E-state index contributed by atoms with van der Waals surface area (Å²) in [4.78, 5) is 38.8. The summed E-state index contributed by atoms with van der Waals surface area (Å²) >= 11 is 21.9. The van der Waals surface area contributed by atoms with Crippen LogP contribution in [0.15, 0.2) is 58.6 Å². The number of nitrogens with one attached hydrogen (secondary N) is 1. The summed E-state index contributed by atoms with van der Waals surface area (Å²) in [6, 6.07) is 8.90. The van der Waals surface area contributed by atoms with Gasteiger partial charge < -0.3 is 9.47 Å². The van der Waals surface area contributed by atoms with E-state index < -0.39 is 40.8 Å². The molecule has 4 amide bonds. The zero-order valence-corrected chi connectivity index (χ0v) is 24.6. The molecular formula is C27H17BrCl3F3N2O5. The van der Waals surface area contributed by atoms with E-state index in [0.717, 1.165) is 12.1 Å². The highest BCUT2D eigenvalue weighted by molar-refractivity contribution is 9.10. The van der Waals surface area contributed by atoms with Gasteiger partial charge in [-0.05, 0) is 77.0 Å². The van der Waals surface area contributed by atoms with E-state index in [-0.39, 0.29) is 35.3 Å². The molecule has 0 saturated carbocycles. The molecule has 3 aromatic carbocycles. The van der Waals surface area contributed by atoms with Crippen LogP contribution in [-0.4, -0.2) is 24.5 Å². The van der Waals surface area contributed by atoms with Crippen LogP contribution >= 0.6 is 50.7 Å². The minimum absolute atomic E-state index is 0.00662. The van der Waals surface area contributed by atoms with Crippen molar-refractivity contribution >= 4 is 80.3 Å². The van der Waals surface area contributed by atoms with Gasteiger partial charge in [0, 0.05) is 15.6 Å². The maximum atomic E-state index is 13.3. The standard InChI is InChI=1S/C27H17BrCl3F3N2O5/c1-2-40-22-10-13(9-17(28)23(22)41-12-16-18(29)4-3-5-19(16)30)8-15-24(37)35-26(39)36(25(15)38)21-11-14(27(32,33)34)6-7-20(21)31/h3-11H,2,12H2,1H3,(H,35,37,39)/b15-8+. The topological polar surface area (TPSA) is 84.9 Å². The molecule has 7 nitrogen and oxygen atoms in total. The minimum Gasteiger partial charge on any atom is -0.490 e. The number of carbonyl (C=O) groups excluding carboxylic acids is 3. The predicted molar refractivity (Wildman–Crippen MR) is 152 cm³/mol. The molecule has 0 bridgehead atoms. The molecule has 1 N–H and O–H groups in total. The first-order valence-corrected chi connectivity index (χ1v) is 13.5. The number of ether oxygens (including phenoxy) is 2. The smallest absolute Gasteiger partial charge is 0.416 e. The molecule has 0 radical (unpaired) electrons. The van der Waals surface area contributed by atoms with Crippen LogP contribution in [-0.2, 0) is 22.4 Å². The first-order chi connectivity index (χ1) is 19.3. The summed E-state index contributed by atoms with van der Waals surface area (Å²) in [6.07, 6.45) is -3.62. The maximum Gasteiger partial charge on any atom is 0.416 e. The molecule has 1 heterocycles. The van der Waals surface area contributed by atoms with E-state index in [1.54, 1.807) is 25.1 Å². The first kappa shape index (κ1) is 30.7. The van der Waals surface area contributed by atoms with Crippen LogP contribution in [0, 0.1) is 0 Å². The number of amides is 4. The van der Waals surface area contributed by atoms with E-state index in [1.165, 1.54) is 12.1 Å². The SMILES string of the molecule is CCOc1cc(/C=C2\C(=O)NC(=O)N(c3cc(C(F)(F)F)ccc3Cl)C2=O)cc(Br)c1OCc1c(Cl)cccc1Cl. The van der Waals surface area contributed by atoms with Crippen molar-refractivity contribution in [3.05, 3.63) is 90.3 Å². The second-order valence-electron chi connectivity index (χ2n) is 8.37. The molecule has 1 fully saturated rings. The van der Waals surface area contributed by atoms with Crippen molar-refractivity contribution in [1.29, 1.82) is 0 Å². The van der Waals surface area contributed by atoms with Gasteiger partial charge >= 0.3 is 12.2 Å². The van der Waals surface area contributed by atoms with Gasteiger partial charge in [0.2, 0.25) is 0 Å². The normalized spacial score (nSPS) is 14.9. The Morgan fingerprint density at radius 2 is 1.66 bits per heavy atom. The van der Waals surface area contributed by atoms with Crippen LogP contribution in [0.5, 0.6) is 11.5 Å².